The summed E-state index contributed by atoms with van der Waals surface area (Å²) < 4.78 is 12.7. The summed E-state index contributed by atoms with van der Waals surface area (Å²) in [6, 6.07) is 7.90. The van der Waals surface area contributed by atoms with Crippen molar-refractivity contribution in [1.29, 1.82) is 0 Å². The molecule has 2 aromatic rings. The molecule has 0 saturated heterocycles. The molecule has 0 aliphatic heterocycles. The quantitative estimate of drug-likeness (QED) is 0.737. The van der Waals surface area contributed by atoms with Gasteiger partial charge in [-0.05, 0) is 35.7 Å². The predicted molar refractivity (Wildman–Crippen MR) is 58.8 cm³/mol. The van der Waals surface area contributed by atoms with Crippen molar-refractivity contribution in [2.45, 2.75) is 6.42 Å². The number of rotatable bonds is 3. The number of carbonyl (C=O) groups is 1. The fourth-order valence-corrected chi connectivity index (χ4v) is 1.52. The van der Waals surface area contributed by atoms with E-state index in [1.807, 2.05) is 0 Å². The zero-order chi connectivity index (χ0) is 11.4. The fraction of sp³-hybridized carbons (Fsp3) is 0.0769. The Morgan fingerprint density at radius 1 is 1.19 bits per heavy atom. The Labute approximate surface area is 92.8 Å². The standard InChI is InChI=1S/C13H10FNO/c14-13-3-1-10(2-4-13)7-12-8-15-6-5-11(12)9-16/h1-6,8-9H,7H2. The maximum absolute atomic E-state index is 12.7. The van der Waals surface area contributed by atoms with Crippen LogP contribution in [0.1, 0.15) is 21.5 Å². The summed E-state index contributed by atoms with van der Waals surface area (Å²) in [5.41, 5.74) is 2.43. The highest BCUT2D eigenvalue weighted by molar-refractivity contribution is 5.77. The predicted octanol–water partition coefficient (Wildman–Crippen LogP) is 2.62. The third-order valence-electron chi connectivity index (χ3n) is 2.38. The van der Waals surface area contributed by atoms with E-state index in [2.05, 4.69) is 4.98 Å². The van der Waals surface area contributed by atoms with Gasteiger partial charge in [-0.15, -0.1) is 0 Å². The van der Waals surface area contributed by atoms with E-state index in [0.29, 0.717) is 12.0 Å². The van der Waals surface area contributed by atoms with E-state index in [1.165, 1.54) is 12.1 Å². The first-order chi connectivity index (χ1) is 7.79. The molecule has 2 nitrogen and oxygen atoms in total. The Morgan fingerprint density at radius 3 is 2.62 bits per heavy atom. The molecule has 0 spiro atoms. The van der Waals surface area contributed by atoms with E-state index < -0.39 is 0 Å². The number of aromatic nitrogens is 1. The van der Waals surface area contributed by atoms with Crippen molar-refractivity contribution in [3.05, 3.63) is 65.2 Å². The molecule has 80 valence electrons. The van der Waals surface area contributed by atoms with Crippen molar-refractivity contribution >= 4 is 6.29 Å². The molecule has 16 heavy (non-hydrogen) atoms. The number of benzene rings is 1. The Morgan fingerprint density at radius 2 is 1.94 bits per heavy atom. The van der Waals surface area contributed by atoms with Crippen LogP contribution in [0.15, 0.2) is 42.7 Å². The summed E-state index contributed by atoms with van der Waals surface area (Å²) >= 11 is 0. The molecule has 0 N–H and O–H groups in total. The minimum Gasteiger partial charge on any atom is -0.298 e. The Bertz CT molecular complexity index is 494. The normalized spacial score (nSPS) is 10.1. The van der Waals surface area contributed by atoms with Crippen LogP contribution in [0.2, 0.25) is 0 Å². The largest absolute Gasteiger partial charge is 0.298 e. The third kappa shape index (κ3) is 2.31. The van der Waals surface area contributed by atoms with Gasteiger partial charge in [-0.2, -0.15) is 0 Å². The van der Waals surface area contributed by atoms with Crippen LogP contribution in [-0.4, -0.2) is 11.3 Å². The zero-order valence-corrected chi connectivity index (χ0v) is 8.56. The molecule has 0 unspecified atom stereocenters. The van der Waals surface area contributed by atoms with E-state index in [4.69, 9.17) is 0 Å². The van der Waals surface area contributed by atoms with Gasteiger partial charge in [-0.3, -0.25) is 9.78 Å². The molecule has 0 radical (unpaired) electrons. The first-order valence-corrected chi connectivity index (χ1v) is 4.92. The molecule has 0 fully saturated rings. The monoisotopic (exact) mass is 215 g/mol. The second-order valence-corrected chi connectivity index (χ2v) is 3.50. The molecule has 1 heterocycles. The van der Waals surface area contributed by atoms with E-state index in [-0.39, 0.29) is 5.82 Å². The van der Waals surface area contributed by atoms with Crippen molar-refractivity contribution in [3.63, 3.8) is 0 Å². The molecule has 0 saturated carbocycles. The summed E-state index contributed by atoms with van der Waals surface area (Å²) in [6.07, 6.45) is 4.63. The average molecular weight is 215 g/mol. The summed E-state index contributed by atoms with van der Waals surface area (Å²) in [5.74, 6) is -0.259. The molecule has 2 rings (SSSR count). The lowest BCUT2D eigenvalue weighted by molar-refractivity contribution is 0.112. The number of halogens is 1. The van der Waals surface area contributed by atoms with Crippen molar-refractivity contribution in [2.75, 3.05) is 0 Å². The molecule has 0 amide bonds. The van der Waals surface area contributed by atoms with Crippen molar-refractivity contribution in [1.82, 2.24) is 4.98 Å². The van der Waals surface area contributed by atoms with Gasteiger partial charge in [-0.25, -0.2) is 4.39 Å². The van der Waals surface area contributed by atoms with Gasteiger partial charge in [0.15, 0.2) is 0 Å². The van der Waals surface area contributed by atoms with Gasteiger partial charge in [0.05, 0.1) is 0 Å². The van der Waals surface area contributed by atoms with Gasteiger partial charge >= 0.3 is 0 Å². The van der Waals surface area contributed by atoms with Gasteiger partial charge in [0.2, 0.25) is 0 Å². The first-order valence-electron chi connectivity index (χ1n) is 4.92. The van der Waals surface area contributed by atoms with E-state index in [1.54, 1.807) is 30.6 Å². The summed E-state index contributed by atoms with van der Waals surface area (Å²) in [5, 5.41) is 0. The Balaban J connectivity index is 2.26. The summed E-state index contributed by atoms with van der Waals surface area (Å²) in [6.45, 7) is 0. The lowest BCUT2D eigenvalue weighted by Crippen LogP contribution is -1.95. The van der Waals surface area contributed by atoms with Crippen molar-refractivity contribution in [2.24, 2.45) is 0 Å². The third-order valence-corrected chi connectivity index (χ3v) is 2.38. The number of aldehydes is 1. The van der Waals surface area contributed by atoms with Gasteiger partial charge < -0.3 is 0 Å². The lowest BCUT2D eigenvalue weighted by atomic mass is 10.0. The number of hydrogen-bond donors (Lipinski definition) is 0. The Hall–Kier alpha value is -2.03. The van der Waals surface area contributed by atoms with Gasteiger partial charge in [0.1, 0.15) is 12.1 Å². The molecular weight excluding hydrogens is 205 g/mol. The van der Waals surface area contributed by atoms with Crippen LogP contribution in [0.25, 0.3) is 0 Å². The van der Waals surface area contributed by atoms with Crippen LogP contribution in [0.3, 0.4) is 0 Å². The van der Waals surface area contributed by atoms with Crippen LogP contribution in [0, 0.1) is 5.82 Å². The van der Waals surface area contributed by atoms with Crippen molar-refractivity contribution in [3.8, 4) is 0 Å². The van der Waals surface area contributed by atoms with E-state index in [9.17, 15) is 9.18 Å². The van der Waals surface area contributed by atoms with Crippen LogP contribution >= 0.6 is 0 Å². The lowest BCUT2D eigenvalue weighted by Gasteiger charge is -2.03. The highest BCUT2D eigenvalue weighted by Crippen LogP contribution is 2.12. The highest BCUT2D eigenvalue weighted by Gasteiger charge is 2.02. The van der Waals surface area contributed by atoms with Gasteiger partial charge in [0, 0.05) is 18.0 Å². The Kier molecular flexibility index (Phi) is 3.05. The maximum Gasteiger partial charge on any atom is 0.150 e. The molecule has 3 heteroatoms. The van der Waals surface area contributed by atoms with Crippen LogP contribution < -0.4 is 0 Å². The highest BCUT2D eigenvalue weighted by atomic mass is 19.1. The zero-order valence-electron chi connectivity index (χ0n) is 8.56. The molecule has 0 aliphatic carbocycles. The summed E-state index contributed by atoms with van der Waals surface area (Å²) in [4.78, 5) is 14.8. The first kappa shape index (κ1) is 10.5. The van der Waals surface area contributed by atoms with Crippen molar-refractivity contribution < 1.29 is 9.18 Å². The maximum atomic E-state index is 12.7. The number of hydrogen-bond acceptors (Lipinski definition) is 2. The number of pyridine rings is 1. The molecular formula is C13H10FNO. The van der Waals surface area contributed by atoms with Gasteiger partial charge in [0.25, 0.3) is 0 Å². The van der Waals surface area contributed by atoms with Crippen LogP contribution in [0.5, 0.6) is 0 Å². The van der Waals surface area contributed by atoms with Gasteiger partial charge in [-0.1, -0.05) is 12.1 Å². The molecule has 0 atom stereocenters. The smallest absolute Gasteiger partial charge is 0.150 e. The SMILES string of the molecule is O=Cc1ccncc1Cc1ccc(F)cc1. The van der Waals surface area contributed by atoms with E-state index >= 15 is 0 Å². The minimum atomic E-state index is -0.259. The van der Waals surface area contributed by atoms with Crippen LogP contribution in [-0.2, 0) is 6.42 Å². The topological polar surface area (TPSA) is 30.0 Å². The average Bonchev–Trinajstić information content (AvgIpc) is 2.33. The minimum absolute atomic E-state index is 0.259. The fourth-order valence-electron chi connectivity index (χ4n) is 1.52. The second-order valence-electron chi connectivity index (χ2n) is 3.50. The molecule has 0 aliphatic rings. The molecule has 1 aromatic heterocycles. The van der Waals surface area contributed by atoms with Crippen LogP contribution in [0.4, 0.5) is 4.39 Å². The number of nitrogens with zero attached hydrogens (tertiary/aromatic N) is 1. The number of carbonyl (C=O) groups excluding carboxylic acids is 1. The van der Waals surface area contributed by atoms with E-state index in [0.717, 1.165) is 17.4 Å². The second kappa shape index (κ2) is 4.66. The molecule has 0 bridgehead atoms. The summed E-state index contributed by atoms with van der Waals surface area (Å²) in [7, 11) is 0. The molecule has 1 aromatic carbocycles.